The van der Waals surface area contributed by atoms with E-state index in [1.54, 1.807) is 12.1 Å². The average molecular weight is 374 g/mol. The van der Waals surface area contributed by atoms with E-state index >= 15 is 0 Å². The predicted octanol–water partition coefficient (Wildman–Crippen LogP) is 3.00. The van der Waals surface area contributed by atoms with Crippen LogP contribution in [0.1, 0.15) is 34.3 Å². The largest absolute Gasteiger partial charge is 0.322 e. The van der Waals surface area contributed by atoms with Crippen LogP contribution in [0.5, 0.6) is 0 Å². The van der Waals surface area contributed by atoms with Crippen LogP contribution in [0.2, 0.25) is 0 Å². The molecule has 0 bridgehead atoms. The van der Waals surface area contributed by atoms with E-state index in [0.29, 0.717) is 0 Å². The number of sulfonamides is 1. The molecule has 26 heavy (non-hydrogen) atoms. The van der Waals surface area contributed by atoms with Gasteiger partial charge >= 0.3 is 0 Å². The lowest BCUT2D eigenvalue weighted by molar-refractivity contribution is -0.0258. The second-order valence-electron chi connectivity index (χ2n) is 6.23. The number of nitrogens with zero attached hydrogens (tertiary/aromatic N) is 1. The highest BCUT2D eigenvalue weighted by Crippen LogP contribution is 2.28. The minimum absolute atomic E-state index is 0.00425. The number of carbonyl (C=O) groups excluding carboxylic acids is 1. The molecule has 0 radical (unpaired) electrons. The number of hydrogen-bond donors (Lipinski definition) is 1. The Bertz CT molecular complexity index is 925. The number of rotatable bonds is 5. The van der Waals surface area contributed by atoms with E-state index in [-0.39, 0.29) is 16.4 Å². The highest BCUT2D eigenvalue weighted by molar-refractivity contribution is 7.89. The van der Waals surface area contributed by atoms with Gasteiger partial charge in [0.1, 0.15) is 0 Å². The molecule has 1 amide bonds. The molecule has 2 aromatic rings. The summed E-state index contributed by atoms with van der Waals surface area (Å²) < 4.78 is 25.5. The second-order valence-corrected chi connectivity index (χ2v) is 8.17. The van der Waals surface area contributed by atoms with E-state index in [2.05, 4.69) is 11.4 Å². The van der Waals surface area contributed by atoms with Crippen LogP contribution in [0.15, 0.2) is 47.4 Å². The summed E-state index contributed by atoms with van der Waals surface area (Å²) in [7, 11) is -1.23. The van der Waals surface area contributed by atoms with Crippen LogP contribution in [0, 0.1) is 0 Å². The summed E-state index contributed by atoms with van der Waals surface area (Å²) >= 11 is 0. The average Bonchev–Trinajstić information content (AvgIpc) is 2.67. The summed E-state index contributed by atoms with van der Waals surface area (Å²) in [6.45, 7) is 0. The molecule has 6 nitrogen and oxygen atoms in total. The molecule has 0 aliphatic heterocycles. The maximum atomic E-state index is 12.7. The van der Waals surface area contributed by atoms with Gasteiger partial charge in [-0.3, -0.25) is 9.63 Å². The van der Waals surface area contributed by atoms with Gasteiger partial charge in [0.25, 0.3) is 15.9 Å². The molecule has 138 valence electrons. The minimum atomic E-state index is -3.80. The van der Waals surface area contributed by atoms with Crippen molar-refractivity contribution in [3.8, 4) is 0 Å². The molecule has 0 atom stereocenters. The lowest BCUT2D eigenvalue weighted by Gasteiger charge is -2.19. The van der Waals surface area contributed by atoms with Crippen molar-refractivity contribution in [1.82, 2.24) is 4.47 Å². The quantitative estimate of drug-likeness (QED) is 0.817. The Kier molecular flexibility index (Phi) is 5.41. The third-order valence-electron chi connectivity index (χ3n) is 4.63. The monoisotopic (exact) mass is 374 g/mol. The Balaban J connectivity index is 1.87. The highest BCUT2D eigenvalue weighted by Gasteiger charge is 2.22. The lowest BCUT2D eigenvalue weighted by Crippen LogP contribution is -2.26. The van der Waals surface area contributed by atoms with E-state index < -0.39 is 10.0 Å². The van der Waals surface area contributed by atoms with Crippen molar-refractivity contribution in [3.63, 3.8) is 0 Å². The van der Waals surface area contributed by atoms with Crippen molar-refractivity contribution in [2.75, 3.05) is 19.5 Å². The first-order valence-electron chi connectivity index (χ1n) is 8.48. The van der Waals surface area contributed by atoms with Gasteiger partial charge in [-0.25, -0.2) is 8.42 Å². The number of anilines is 1. The summed E-state index contributed by atoms with van der Waals surface area (Å²) in [5.74, 6) is -0.332. The molecule has 1 aliphatic rings. The summed E-state index contributed by atoms with van der Waals surface area (Å²) in [6, 6.07) is 11.9. The number of benzene rings is 2. The Labute approximate surface area is 153 Å². The van der Waals surface area contributed by atoms with Crippen molar-refractivity contribution >= 4 is 21.6 Å². The second kappa shape index (κ2) is 7.57. The molecular weight excluding hydrogens is 352 g/mol. The van der Waals surface area contributed by atoms with Crippen LogP contribution >= 0.6 is 0 Å². The van der Waals surface area contributed by atoms with Gasteiger partial charge in [-0.2, -0.15) is 0 Å². The van der Waals surface area contributed by atoms with E-state index in [1.165, 1.54) is 37.4 Å². The van der Waals surface area contributed by atoms with Gasteiger partial charge in [-0.15, -0.1) is 0 Å². The van der Waals surface area contributed by atoms with Gasteiger partial charge in [0.2, 0.25) is 0 Å². The Morgan fingerprint density at radius 3 is 2.62 bits per heavy atom. The molecule has 2 aromatic carbocycles. The fraction of sp³-hybridized carbons (Fsp3) is 0.316. The van der Waals surface area contributed by atoms with Crippen molar-refractivity contribution in [3.05, 3.63) is 59.2 Å². The van der Waals surface area contributed by atoms with Crippen molar-refractivity contribution in [2.45, 2.75) is 30.6 Å². The Morgan fingerprint density at radius 1 is 1.12 bits per heavy atom. The van der Waals surface area contributed by atoms with Crippen LogP contribution in [0.4, 0.5) is 5.69 Å². The molecule has 0 saturated carbocycles. The molecule has 1 N–H and O–H groups in total. The standard InChI is InChI=1S/C19H22N2O4S/c1-21(25-2)26(23,24)16-10-5-9-15(13-16)19(22)20-18-12-6-8-14-7-3-4-11-17(14)18/h5-6,8-10,12-13H,3-4,7,11H2,1-2H3,(H,20,22). The zero-order valence-corrected chi connectivity index (χ0v) is 15.7. The van der Waals surface area contributed by atoms with Crippen LogP contribution in [0.25, 0.3) is 0 Å². The number of nitrogens with one attached hydrogen (secondary N) is 1. The van der Waals surface area contributed by atoms with Crippen LogP contribution in [-0.2, 0) is 27.7 Å². The molecule has 0 aromatic heterocycles. The molecule has 7 heteroatoms. The summed E-state index contributed by atoms with van der Waals surface area (Å²) in [5.41, 5.74) is 3.53. The normalized spacial score (nSPS) is 14.1. The van der Waals surface area contributed by atoms with Crippen LogP contribution in [0.3, 0.4) is 0 Å². The molecule has 0 heterocycles. The van der Waals surface area contributed by atoms with Crippen molar-refractivity contribution in [2.24, 2.45) is 0 Å². The molecule has 0 spiro atoms. The molecule has 0 unspecified atom stereocenters. The van der Waals surface area contributed by atoms with Crippen molar-refractivity contribution in [1.29, 1.82) is 0 Å². The van der Waals surface area contributed by atoms with Crippen molar-refractivity contribution < 1.29 is 18.0 Å². The predicted molar refractivity (Wildman–Crippen MR) is 99.4 cm³/mol. The van der Waals surface area contributed by atoms with Gasteiger partial charge in [0, 0.05) is 18.3 Å². The Morgan fingerprint density at radius 2 is 1.85 bits per heavy atom. The zero-order valence-electron chi connectivity index (χ0n) is 14.9. The van der Waals surface area contributed by atoms with E-state index in [4.69, 9.17) is 4.84 Å². The summed E-state index contributed by atoms with van der Waals surface area (Å²) in [6.07, 6.45) is 4.24. The highest BCUT2D eigenvalue weighted by atomic mass is 32.2. The SMILES string of the molecule is CON(C)S(=O)(=O)c1cccc(C(=O)Nc2cccc3c2CCCC3)c1. The minimum Gasteiger partial charge on any atom is -0.322 e. The third kappa shape index (κ3) is 3.65. The number of hydroxylamine groups is 1. The summed E-state index contributed by atoms with van der Waals surface area (Å²) in [5, 5.41) is 2.93. The molecule has 1 aliphatic carbocycles. The first-order valence-corrected chi connectivity index (χ1v) is 9.92. The molecule has 0 saturated heterocycles. The van der Waals surface area contributed by atoms with Gasteiger partial charge in [0.15, 0.2) is 0 Å². The molecule has 3 rings (SSSR count). The van der Waals surface area contributed by atoms with Gasteiger partial charge < -0.3 is 5.32 Å². The zero-order chi connectivity index (χ0) is 18.7. The lowest BCUT2D eigenvalue weighted by atomic mass is 9.90. The number of hydrogen-bond acceptors (Lipinski definition) is 4. The summed E-state index contributed by atoms with van der Waals surface area (Å²) in [4.78, 5) is 17.4. The van der Waals surface area contributed by atoms with E-state index in [1.807, 2.05) is 12.1 Å². The van der Waals surface area contributed by atoms with Gasteiger partial charge in [-0.1, -0.05) is 22.7 Å². The number of amides is 1. The first kappa shape index (κ1) is 18.6. The molecular formula is C19H22N2O4S. The number of carbonyl (C=O) groups is 1. The maximum absolute atomic E-state index is 12.7. The molecule has 0 fully saturated rings. The van der Waals surface area contributed by atoms with Crippen LogP contribution < -0.4 is 5.32 Å². The Hall–Kier alpha value is -2.22. The smallest absolute Gasteiger partial charge is 0.264 e. The third-order valence-corrected chi connectivity index (χ3v) is 6.31. The van der Waals surface area contributed by atoms with Crippen LogP contribution in [-0.4, -0.2) is 33.0 Å². The van der Waals surface area contributed by atoms with E-state index in [9.17, 15) is 13.2 Å². The number of fused-ring (bicyclic) bond motifs is 1. The number of aryl methyl sites for hydroxylation is 1. The topological polar surface area (TPSA) is 75.7 Å². The maximum Gasteiger partial charge on any atom is 0.264 e. The van der Waals surface area contributed by atoms with Gasteiger partial charge in [-0.05, 0) is 61.1 Å². The van der Waals surface area contributed by atoms with E-state index in [0.717, 1.165) is 35.8 Å². The fourth-order valence-corrected chi connectivity index (χ4v) is 4.16. The van der Waals surface area contributed by atoms with Gasteiger partial charge in [0.05, 0.1) is 12.0 Å². The fourth-order valence-electron chi connectivity index (χ4n) is 3.14. The first-order chi connectivity index (χ1) is 12.4.